The molecule has 332 valence electrons. The maximum atomic E-state index is 5.42. The van der Waals surface area contributed by atoms with Crippen molar-refractivity contribution in [2.75, 3.05) is 0 Å². The monoisotopic (exact) mass is 889 g/mol. The fourth-order valence-electron chi connectivity index (χ4n) is 9.47. The average molecular weight is 890 g/mol. The summed E-state index contributed by atoms with van der Waals surface area (Å²) in [6.07, 6.45) is 20.7. The van der Waals surface area contributed by atoms with E-state index in [4.69, 9.17) is 18.4 Å². The Morgan fingerprint density at radius 2 is 1.28 bits per heavy atom. The van der Waals surface area contributed by atoms with E-state index in [1.54, 1.807) is 0 Å². The van der Waals surface area contributed by atoms with Crippen LogP contribution in [0.4, 0.5) is 0 Å². The Kier molecular flexibility index (Phi) is 13.7. The summed E-state index contributed by atoms with van der Waals surface area (Å²) in [5.41, 5.74) is 21.0. The third kappa shape index (κ3) is 10.1. The Hall–Kier alpha value is -7.27. The van der Waals surface area contributed by atoms with Crippen molar-refractivity contribution in [3.63, 3.8) is 0 Å². The van der Waals surface area contributed by atoms with E-state index in [-0.39, 0.29) is 5.41 Å². The second-order valence-electron chi connectivity index (χ2n) is 17.9. The number of H-pyrrole nitrogens is 1. The quantitative estimate of drug-likeness (QED) is 0.124. The van der Waals surface area contributed by atoms with Crippen LogP contribution in [0, 0.1) is 5.41 Å². The molecule has 7 aromatic carbocycles. The molecule has 3 nitrogen and oxygen atoms in total. The molecule has 3 N–H and O–H groups in total. The predicted molar refractivity (Wildman–Crippen MR) is 294 cm³/mol. The van der Waals surface area contributed by atoms with Crippen LogP contribution < -0.4 is 5.73 Å². The van der Waals surface area contributed by atoms with Gasteiger partial charge in [-0.3, -0.25) is 0 Å². The van der Waals surface area contributed by atoms with Crippen LogP contribution in [-0.4, -0.2) is 9.55 Å². The lowest BCUT2D eigenvalue weighted by Gasteiger charge is -2.30. The number of aromatic nitrogens is 2. The molecule has 0 saturated heterocycles. The zero-order valence-electron chi connectivity index (χ0n) is 38.6. The Morgan fingerprint density at radius 3 is 1.87 bits per heavy atom. The van der Waals surface area contributed by atoms with E-state index in [2.05, 4.69) is 212 Å². The van der Waals surface area contributed by atoms with Crippen molar-refractivity contribution in [2.24, 2.45) is 11.1 Å². The smallest absolute Gasteiger partial charge is 0.0541 e. The van der Waals surface area contributed by atoms with Crippen LogP contribution in [0.3, 0.4) is 0 Å². The third-order valence-electron chi connectivity index (χ3n) is 13.0. The standard InChI is InChI=1S/C43H41NS.C12H9N.C8H9N/c1-3-12-31(25-27-43(2)28-26-37(42(45)30-43)34-13-5-4-6-14-34)32-21-23-33(24-22-32)35-15-11-16-36(29-35)44-40-19-9-7-17-38(40)39-18-8-10-20-41(39)44;1-3-7-11-9(5-1)10-6-2-4-8-12(10)13-11;1-7(9)8-5-3-2-4-6-8/h5,7-11,13-26,29-30,45H,3-4,6,12,27-28H2,1-2H3;1-8,13H;2-6H,1,9H2/b31-25+;;. The number of allylic oxidation sites excluding steroid dienone is 9. The summed E-state index contributed by atoms with van der Waals surface area (Å²) in [5, 5.41) is 5.18. The highest BCUT2D eigenvalue weighted by atomic mass is 32.1. The summed E-state index contributed by atoms with van der Waals surface area (Å²) in [7, 11) is 0. The number of hydrogen-bond acceptors (Lipinski definition) is 2. The first kappa shape index (κ1) is 44.9. The van der Waals surface area contributed by atoms with Crippen molar-refractivity contribution in [2.45, 2.75) is 52.4 Å². The van der Waals surface area contributed by atoms with Crippen molar-refractivity contribution in [3.8, 4) is 16.8 Å². The zero-order chi connectivity index (χ0) is 46.2. The van der Waals surface area contributed by atoms with Gasteiger partial charge in [0.15, 0.2) is 0 Å². The first-order valence-corrected chi connectivity index (χ1v) is 24.1. The molecule has 1 atom stereocenters. The van der Waals surface area contributed by atoms with E-state index < -0.39 is 0 Å². The lowest BCUT2D eigenvalue weighted by Crippen LogP contribution is -2.16. The molecular weight excluding hydrogens is 831 g/mol. The van der Waals surface area contributed by atoms with E-state index in [1.165, 1.54) is 82.7 Å². The van der Waals surface area contributed by atoms with Gasteiger partial charge in [-0.1, -0.05) is 203 Å². The Morgan fingerprint density at radius 1 is 0.672 bits per heavy atom. The maximum absolute atomic E-state index is 5.42. The number of para-hydroxylation sites is 4. The van der Waals surface area contributed by atoms with Gasteiger partial charge in [-0.05, 0) is 113 Å². The number of hydrogen-bond donors (Lipinski definition) is 3. The van der Waals surface area contributed by atoms with Gasteiger partial charge in [-0.25, -0.2) is 0 Å². The fraction of sp³-hybridized carbons (Fsp3) is 0.143. The van der Waals surface area contributed by atoms with E-state index in [0.717, 1.165) is 49.0 Å². The van der Waals surface area contributed by atoms with Crippen LogP contribution in [0.25, 0.3) is 71.7 Å². The average Bonchev–Trinajstić information content (AvgIpc) is 3.92. The predicted octanol–water partition coefficient (Wildman–Crippen LogP) is 17.4. The van der Waals surface area contributed by atoms with Gasteiger partial charge in [0.05, 0.1) is 11.0 Å². The van der Waals surface area contributed by atoms with Crippen LogP contribution in [0.1, 0.15) is 63.5 Å². The summed E-state index contributed by atoms with van der Waals surface area (Å²) in [4.78, 5) is 4.49. The molecule has 0 radical (unpaired) electrons. The molecule has 0 aliphatic heterocycles. The molecule has 0 fully saturated rings. The highest BCUT2D eigenvalue weighted by Crippen LogP contribution is 2.42. The molecule has 0 bridgehead atoms. The fourth-order valence-corrected chi connectivity index (χ4v) is 10.0. The normalized spacial score (nSPS) is 15.9. The summed E-state index contributed by atoms with van der Waals surface area (Å²) < 4.78 is 2.39. The molecule has 0 saturated carbocycles. The van der Waals surface area contributed by atoms with Crippen LogP contribution in [0.2, 0.25) is 0 Å². The van der Waals surface area contributed by atoms with Crippen LogP contribution in [0.15, 0.2) is 235 Å². The van der Waals surface area contributed by atoms with Gasteiger partial charge in [0, 0.05) is 48.9 Å². The lowest BCUT2D eigenvalue weighted by molar-refractivity contribution is 0.434. The van der Waals surface area contributed by atoms with Gasteiger partial charge in [0.2, 0.25) is 0 Å². The number of benzene rings is 7. The van der Waals surface area contributed by atoms with E-state index in [9.17, 15) is 0 Å². The molecule has 11 rings (SSSR count). The highest BCUT2D eigenvalue weighted by molar-refractivity contribution is 7.84. The van der Waals surface area contributed by atoms with Crippen molar-refractivity contribution in [1.82, 2.24) is 9.55 Å². The van der Waals surface area contributed by atoms with E-state index >= 15 is 0 Å². The van der Waals surface area contributed by atoms with Gasteiger partial charge >= 0.3 is 0 Å². The zero-order valence-corrected chi connectivity index (χ0v) is 39.5. The number of nitrogens with zero attached hydrogens (tertiary/aromatic N) is 1. The van der Waals surface area contributed by atoms with Crippen LogP contribution in [-0.2, 0) is 0 Å². The summed E-state index contributed by atoms with van der Waals surface area (Å²) >= 11 is 4.94. The van der Waals surface area contributed by atoms with Gasteiger partial charge in [0.1, 0.15) is 0 Å². The Balaban J connectivity index is 0.000000206. The molecule has 2 heterocycles. The van der Waals surface area contributed by atoms with E-state index in [0.29, 0.717) is 5.70 Å². The Labute approximate surface area is 401 Å². The minimum atomic E-state index is 0.0751. The van der Waals surface area contributed by atoms with Gasteiger partial charge in [-0.15, -0.1) is 12.6 Å². The number of rotatable bonds is 9. The molecule has 9 aromatic rings. The molecule has 2 aliphatic rings. The molecular formula is C63H59N3S. The topological polar surface area (TPSA) is 46.7 Å². The van der Waals surface area contributed by atoms with Gasteiger partial charge < -0.3 is 15.3 Å². The van der Waals surface area contributed by atoms with Crippen LogP contribution >= 0.6 is 12.6 Å². The first-order chi connectivity index (χ1) is 32.8. The maximum Gasteiger partial charge on any atom is 0.0541 e. The lowest BCUT2D eigenvalue weighted by atomic mass is 9.77. The third-order valence-corrected chi connectivity index (χ3v) is 13.4. The molecule has 2 aliphatic carbocycles. The van der Waals surface area contributed by atoms with Gasteiger partial charge in [-0.2, -0.15) is 0 Å². The summed E-state index contributed by atoms with van der Waals surface area (Å²) in [6.45, 7) is 8.25. The van der Waals surface area contributed by atoms with Crippen molar-refractivity contribution >= 4 is 67.5 Å². The summed E-state index contributed by atoms with van der Waals surface area (Å²) in [5.74, 6) is 0. The largest absolute Gasteiger partial charge is 0.399 e. The van der Waals surface area contributed by atoms with Crippen molar-refractivity contribution in [1.29, 1.82) is 0 Å². The SMILES string of the molecule is C=C(N)c1ccccc1.CCC/C(=C\CC1(C)C=C(S)C(C2=CCCC=C2)=CC1)c1ccc(-c2cccc(-n3c4ccccc4c4ccccc43)c2)cc1.c1ccc2c(c1)[nH]c1ccccc12. The molecule has 1 unspecified atom stereocenters. The van der Waals surface area contributed by atoms with Crippen molar-refractivity contribution in [3.05, 3.63) is 246 Å². The molecule has 67 heavy (non-hydrogen) atoms. The minimum absolute atomic E-state index is 0.0751. The number of aromatic amines is 1. The Bertz CT molecular complexity index is 3250. The number of fused-ring (bicyclic) bond motifs is 6. The molecule has 0 amide bonds. The molecule has 2 aromatic heterocycles. The second kappa shape index (κ2) is 20.5. The highest BCUT2D eigenvalue weighted by Gasteiger charge is 2.26. The van der Waals surface area contributed by atoms with Crippen LogP contribution in [0.5, 0.6) is 0 Å². The number of nitrogens with two attached hydrogens (primary N) is 1. The first-order valence-electron chi connectivity index (χ1n) is 23.6. The number of nitrogens with one attached hydrogen (secondary N) is 1. The second-order valence-corrected chi connectivity index (χ2v) is 18.4. The van der Waals surface area contributed by atoms with Crippen molar-refractivity contribution < 1.29 is 0 Å². The minimum Gasteiger partial charge on any atom is -0.399 e. The number of thiol groups is 1. The molecule has 0 spiro atoms. The summed E-state index contributed by atoms with van der Waals surface area (Å²) in [6, 6.07) is 62.0. The molecule has 4 heteroatoms. The van der Waals surface area contributed by atoms with Gasteiger partial charge in [0.25, 0.3) is 0 Å². The van der Waals surface area contributed by atoms with E-state index in [1.807, 2.05) is 30.3 Å².